The molecule has 0 unspecified atom stereocenters. The molecule has 1 fully saturated rings. The Morgan fingerprint density at radius 1 is 1.17 bits per heavy atom. The largest absolute Gasteiger partial charge is 0.343 e. The van der Waals surface area contributed by atoms with Gasteiger partial charge in [-0.05, 0) is 24.5 Å². The number of nitrogens with zero attached hydrogens (tertiary/aromatic N) is 4. The number of nitrogens with one attached hydrogen (secondary N) is 1. The minimum Gasteiger partial charge on any atom is -0.343 e. The Balaban J connectivity index is 1.40. The molecule has 6 heteroatoms. The lowest BCUT2D eigenvalue weighted by Gasteiger charge is -2.28. The first-order chi connectivity index (χ1) is 14.2. The first-order valence-corrected chi connectivity index (χ1v) is 10.5. The molecule has 4 heterocycles. The third kappa shape index (κ3) is 3.38. The average Bonchev–Trinajstić information content (AvgIpc) is 3.38. The summed E-state index contributed by atoms with van der Waals surface area (Å²) in [4.78, 5) is 25.2. The van der Waals surface area contributed by atoms with E-state index in [1.165, 1.54) is 29.3 Å². The van der Waals surface area contributed by atoms with Gasteiger partial charge in [0.25, 0.3) is 5.56 Å². The number of benzene rings is 1. The number of H-pyrrole nitrogens is 1. The Hall–Kier alpha value is -2.86. The molecule has 1 aromatic carbocycles. The monoisotopic (exact) mass is 389 g/mol. The van der Waals surface area contributed by atoms with Crippen LogP contribution in [0.2, 0.25) is 0 Å². The summed E-state index contributed by atoms with van der Waals surface area (Å²) >= 11 is 0. The Morgan fingerprint density at radius 3 is 2.83 bits per heavy atom. The van der Waals surface area contributed by atoms with Gasteiger partial charge in [0, 0.05) is 62.8 Å². The lowest BCUT2D eigenvalue weighted by molar-refractivity contribution is 0.242. The standard InChI is InChI=1S/C23H27N5O/c1-2-10-28-15-17(18-7-3-4-8-21(18)28)14-26-13-9-20-19(16-26)22(29)25-23(24-20)27-11-5-6-12-27/h2-4,7-8,15H,1,5-6,9-14,16H2,(H,24,25,29). The normalized spacial score (nSPS) is 17.0. The molecule has 3 aromatic rings. The Bertz CT molecular complexity index is 1110. The number of hydrogen-bond acceptors (Lipinski definition) is 4. The molecule has 6 nitrogen and oxygen atoms in total. The van der Waals surface area contributed by atoms with Gasteiger partial charge in [0.1, 0.15) is 0 Å². The van der Waals surface area contributed by atoms with E-state index in [-0.39, 0.29) is 5.56 Å². The molecule has 0 bridgehead atoms. The van der Waals surface area contributed by atoms with Gasteiger partial charge in [-0.1, -0.05) is 24.3 Å². The van der Waals surface area contributed by atoms with Crippen LogP contribution in [-0.2, 0) is 26.1 Å². The van der Waals surface area contributed by atoms with Crippen molar-refractivity contribution in [1.82, 2.24) is 19.4 Å². The highest BCUT2D eigenvalue weighted by molar-refractivity contribution is 5.84. The van der Waals surface area contributed by atoms with Gasteiger partial charge < -0.3 is 9.47 Å². The maximum Gasteiger partial charge on any atom is 0.257 e. The Morgan fingerprint density at radius 2 is 2.00 bits per heavy atom. The summed E-state index contributed by atoms with van der Waals surface area (Å²) in [5.74, 6) is 0.757. The highest BCUT2D eigenvalue weighted by Crippen LogP contribution is 2.25. The Kier molecular flexibility index (Phi) is 4.72. The van der Waals surface area contributed by atoms with E-state index in [9.17, 15) is 4.79 Å². The zero-order chi connectivity index (χ0) is 19.8. The van der Waals surface area contributed by atoms with E-state index in [2.05, 4.69) is 56.4 Å². The molecule has 150 valence electrons. The molecule has 2 aliphatic heterocycles. The van der Waals surface area contributed by atoms with Crippen LogP contribution >= 0.6 is 0 Å². The van der Waals surface area contributed by atoms with Crippen LogP contribution in [0.5, 0.6) is 0 Å². The van der Waals surface area contributed by atoms with Crippen LogP contribution in [0.1, 0.15) is 29.7 Å². The van der Waals surface area contributed by atoms with Gasteiger partial charge in [-0.2, -0.15) is 0 Å². The summed E-state index contributed by atoms with van der Waals surface area (Å²) < 4.78 is 2.24. The van der Waals surface area contributed by atoms with Gasteiger partial charge in [0.05, 0.1) is 11.3 Å². The molecule has 2 aliphatic rings. The van der Waals surface area contributed by atoms with E-state index in [4.69, 9.17) is 4.98 Å². The number of fused-ring (bicyclic) bond motifs is 2. The summed E-state index contributed by atoms with van der Waals surface area (Å²) in [7, 11) is 0. The van der Waals surface area contributed by atoms with Crippen molar-refractivity contribution in [2.75, 3.05) is 24.5 Å². The van der Waals surface area contributed by atoms with Crippen molar-refractivity contribution in [3.63, 3.8) is 0 Å². The Labute approximate surface area is 170 Å². The van der Waals surface area contributed by atoms with E-state index in [0.29, 0.717) is 6.54 Å². The van der Waals surface area contributed by atoms with Gasteiger partial charge in [0.15, 0.2) is 0 Å². The van der Waals surface area contributed by atoms with Crippen molar-refractivity contribution in [3.05, 3.63) is 70.3 Å². The molecule has 0 saturated carbocycles. The van der Waals surface area contributed by atoms with Gasteiger partial charge in [-0.3, -0.25) is 14.7 Å². The van der Waals surface area contributed by atoms with Gasteiger partial charge in [0.2, 0.25) is 5.95 Å². The zero-order valence-electron chi connectivity index (χ0n) is 16.7. The molecule has 5 rings (SSSR count). The molecule has 0 aliphatic carbocycles. The fraction of sp³-hybridized carbons (Fsp3) is 0.391. The molecule has 29 heavy (non-hydrogen) atoms. The second kappa shape index (κ2) is 7.52. The molecular weight excluding hydrogens is 362 g/mol. The lowest BCUT2D eigenvalue weighted by atomic mass is 10.1. The van der Waals surface area contributed by atoms with Crippen LogP contribution in [0.3, 0.4) is 0 Å². The number of hydrogen-bond donors (Lipinski definition) is 1. The molecular formula is C23H27N5O. The quantitative estimate of drug-likeness (QED) is 0.682. The van der Waals surface area contributed by atoms with Crippen molar-refractivity contribution in [2.45, 2.75) is 38.9 Å². The van der Waals surface area contributed by atoms with Gasteiger partial charge >= 0.3 is 0 Å². The van der Waals surface area contributed by atoms with Crippen molar-refractivity contribution in [3.8, 4) is 0 Å². The summed E-state index contributed by atoms with van der Waals surface area (Å²) in [6.45, 7) is 9.06. The summed E-state index contributed by atoms with van der Waals surface area (Å²) in [6.07, 6.45) is 7.32. The predicted octanol–water partition coefficient (Wildman–Crippen LogP) is 3.07. The van der Waals surface area contributed by atoms with Crippen LogP contribution in [0.25, 0.3) is 10.9 Å². The number of rotatable bonds is 5. The molecule has 0 amide bonds. The second-order valence-corrected chi connectivity index (χ2v) is 8.08. The van der Waals surface area contributed by atoms with Crippen LogP contribution in [-0.4, -0.2) is 39.1 Å². The highest BCUT2D eigenvalue weighted by atomic mass is 16.1. The van der Waals surface area contributed by atoms with E-state index < -0.39 is 0 Å². The molecule has 0 spiro atoms. The number of allylic oxidation sites excluding steroid dienone is 1. The minimum atomic E-state index is 0.0238. The molecule has 2 aromatic heterocycles. The fourth-order valence-electron chi connectivity index (χ4n) is 4.66. The summed E-state index contributed by atoms with van der Waals surface area (Å²) in [5.41, 5.74) is 4.35. The third-order valence-electron chi connectivity index (χ3n) is 6.13. The number of anilines is 1. The topological polar surface area (TPSA) is 57.2 Å². The number of para-hydroxylation sites is 1. The zero-order valence-corrected chi connectivity index (χ0v) is 16.7. The smallest absolute Gasteiger partial charge is 0.257 e. The van der Waals surface area contributed by atoms with Gasteiger partial charge in [-0.25, -0.2) is 4.98 Å². The summed E-state index contributed by atoms with van der Waals surface area (Å²) in [5, 5.41) is 1.27. The van der Waals surface area contributed by atoms with E-state index in [0.717, 1.165) is 56.4 Å². The van der Waals surface area contributed by atoms with Crippen LogP contribution < -0.4 is 10.5 Å². The SMILES string of the molecule is C=CCn1cc(CN2CCc3nc(N4CCCC4)[nH]c(=O)c3C2)c2ccccc21. The van der Waals surface area contributed by atoms with Crippen molar-refractivity contribution < 1.29 is 0 Å². The number of aromatic amines is 1. The summed E-state index contributed by atoms with van der Waals surface area (Å²) in [6, 6.07) is 8.50. The molecule has 0 atom stereocenters. The molecule has 1 N–H and O–H groups in total. The molecule has 1 saturated heterocycles. The average molecular weight is 390 g/mol. The van der Waals surface area contributed by atoms with Crippen LogP contribution in [0.4, 0.5) is 5.95 Å². The maximum absolute atomic E-state index is 12.8. The molecule has 0 radical (unpaired) electrons. The maximum atomic E-state index is 12.8. The first kappa shape index (κ1) is 18.2. The highest BCUT2D eigenvalue weighted by Gasteiger charge is 2.24. The minimum absolute atomic E-state index is 0.0238. The number of aromatic nitrogens is 3. The fourth-order valence-corrected chi connectivity index (χ4v) is 4.66. The third-order valence-corrected chi connectivity index (χ3v) is 6.13. The van der Waals surface area contributed by atoms with Crippen LogP contribution in [0, 0.1) is 0 Å². The lowest BCUT2D eigenvalue weighted by Crippen LogP contribution is -2.36. The van der Waals surface area contributed by atoms with Gasteiger partial charge in [-0.15, -0.1) is 6.58 Å². The second-order valence-electron chi connectivity index (χ2n) is 8.08. The van der Waals surface area contributed by atoms with E-state index >= 15 is 0 Å². The van der Waals surface area contributed by atoms with Crippen molar-refractivity contribution in [2.24, 2.45) is 0 Å². The van der Waals surface area contributed by atoms with Crippen LogP contribution in [0.15, 0.2) is 47.9 Å². The first-order valence-electron chi connectivity index (χ1n) is 10.5. The van der Waals surface area contributed by atoms with Crippen molar-refractivity contribution >= 4 is 16.9 Å². The van der Waals surface area contributed by atoms with E-state index in [1.54, 1.807) is 0 Å². The van der Waals surface area contributed by atoms with Crippen molar-refractivity contribution in [1.29, 1.82) is 0 Å². The predicted molar refractivity (Wildman–Crippen MR) is 116 cm³/mol. The van der Waals surface area contributed by atoms with E-state index in [1.807, 2.05) is 6.08 Å².